The molecule has 5 nitrogen and oxygen atoms in total. The maximum Gasteiger partial charge on any atom is 0.328 e. The van der Waals surface area contributed by atoms with Crippen LogP contribution < -0.4 is 4.74 Å². The monoisotopic (exact) mass is 405 g/mol. The smallest absolute Gasteiger partial charge is 0.328 e. The summed E-state index contributed by atoms with van der Waals surface area (Å²) in [6, 6.07) is 16.5. The minimum Gasteiger partial charge on any atom is -0.497 e. The highest BCUT2D eigenvalue weighted by Gasteiger charge is 2.35. The number of amides is 1. The van der Waals surface area contributed by atoms with Crippen molar-refractivity contribution in [3.8, 4) is 5.75 Å². The molecule has 156 valence electrons. The van der Waals surface area contributed by atoms with E-state index in [1.54, 1.807) is 12.0 Å². The molecule has 30 heavy (non-hydrogen) atoms. The SMILES string of the molecule is COC(=O)[C@H](Cc1ccccc1)N(Cc1ccc(OC)cc1)C(=O)[C]1[CH][CH][CH]CC1. The van der Waals surface area contributed by atoms with Crippen LogP contribution in [0.3, 0.4) is 0 Å². The van der Waals surface area contributed by atoms with Crippen molar-refractivity contribution in [1.29, 1.82) is 0 Å². The van der Waals surface area contributed by atoms with Crippen molar-refractivity contribution in [2.24, 2.45) is 0 Å². The van der Waals surface area contributed by atoms with Crippen LogP contribution in [0, 0.1) is 25.2 Å². The third kappa shape index (κ3) is 5.62. The van der Waals surface area contributed by atoms with Crippen LogP contribution in [0.1, 0.15) is 24.0 Å². The maximum atomic E-state index is 13.5. The number of hydrogen-bond donors (Lipinski definition) is 0. The molecule has 4 radical (unpaired) electrons. The summed E-state index contributed by atoms with van der Waals surface area (Å²) in [4.78, 5) is 27.9. The molecule has 0 aliphatic heterocycles. The largest absolute Gasteiger partial charge is 0.497 e. The van der Waals surface area contributed by atoms with Crippen LogP contribution in [0.4, 0.5) is 0 Å². The molecule has 1 amide bonds. The van der Waals surface area contributed by atoms with Gasteiger partial charge in [0.05, 0.1) is 20.1 Å². The standard InChI is InChI=1S/C25H27NO4/c1-29-22-15-13-20(14-16-22)18-26(24(27)21-11-7-4-8-12-21)23(25(28)30-2)17-19-9-5-3-6-10-19/h3-7,9-11,13-16,23H,8,12,17-18H2,1-2H3/t23-/m0/s1. The van der Waals surface area contributed by atoms with Gasteiger partial charge in [0.25, 0.3) is 0 Å². The van der Waals surface area contributed by atoms with Gasteiger partial charge in [0.15, 0.2) is 0 Å². The highest BCUT2D eigenvalue weighted by Crippen LogP contribution is 2.28. The van der Waals surface area contributed by atoms with Gasteiger partial charge in [-0.05, 0) is 55.4 Å². The van der Waals surface area contributed by atoms with E-state index in [1.165, 1.54) is 7.11 Å². The molecule has 0 N–H and O–H groups in total. The number of methoxy groups -OCH3 is 2. The summed E-state index contributed by atoms with van der Waals surface area (Å²) >= 11 is 0. The Morgan fingerprint density at radius 3 is 2.33 bits per heavy atom. The molecular weight excluding hydrogens is 378 g/mol. The zero-order chi connectivity index (χ0) is 21.3. The lowest BCUT2D eigenvalue weighted by Gasteiger charge is -2.34. The van der Waals surface area contributed by atoms with Gasteiger partial charge in [-0.3, -0.25) is 4.79 Å². The van der Waals surface area contributed by atoms with Crippen LogP contribution in [0.5, 0.6) is 5.75 Å². The van der Waals surface area contributed by atoms with Crippen LogP contribution in [0.15, 0.2) is 54.6 Å². The first kappa shape index (κ1) is 21.9. The van der Waals surface area contributed by atoms with Gasteiger partial charge in [0.2, 0.25) is 5.91 Å². The summed E-state index contributed by atoms with van der Waals surface area (Å²) in [7, 11) is 2.97. The molecule has 1 fully saturated rings. The highest BCUT2D eigenvalue weighted by atomic mass is 16.5. The lowest BCUT2D eigenvalue weighted by molar-refractivity contribution is -0.152. The summed E-state index contributed by atoms with van der Waals surface area (Å²) < 4.78 is 10.3. The van der Waals surface area contributed by atoms with Crippen LogP contribution >= 0.6 is 0 Å². The van der Waals surface area contributed by atoms with Gasteiger partial charge in [-0.25, -0.2) is 4.79 Å². The second kappa shape index (κ2) is 10.8. The Morgan fingerprint density at radius 2 is 1.73 bits per heavy atom. The molecule has 0 heterocycles. The van der Waals surface area contributed by atoms with Gasteiger partial charge < -0.3 is 14.4 Å². The van der Waals surface area contributed by atoms with E-state index < -0.39 is 12.0 Å². The fraction of sp³-hybridized carbons (Fsp3) is 0.280. The average Bonchev–Trinajstić information content (AvgIpc) is 2.82. The zero-order valence-electron chi connectivity index (χ0n) is 17.4. The number of nitrogens with zero attached hydrogens (tertiary/aromatic N) is 1. The molecule has 5 heteroatoms. The number of ether oxygens (including phenoxy) is 2. The Bertz CT molecular complexity index is 813. The Kier molecular flexibility index (Phi) is 7.89. The van der Waals surface area contributed by atoms with Crippen molar-refractivity contribution in [3.05, 3.63) is 90.9 Å². The second-order valence-corrected chi connectivity index (χ2v) is 7.17. The first-order valence-corrected chi connectivity index (χ1v) is 10.0. The third-order valence-electron chi connectivity index (χ3n) is 5.18. The van der Waals surface area contributed by atoms with E-state index in [2.05, 4.69) is 0 Å². The number of rotatable bonds is 8. The van der Waals surface area contributed by atoms with E-state index in [0.29, 0.717) is 25.3 Å². The van der Waals surface area contributed by atoms with Gasteiger partial charge in [-0.1, -0.05) is 42.5 Å². The lowest BCUT2D eigenvalue weighted by atomic mass is 9.87. The Morgan fingerprint density at radius 1 is 1.00 bits per heavy atom. The van der Waals surface area contributed by atoms with Crippen LogP contribution in [-0.2, 0) is 27.3 Å². The molecule has 0 bridgehead atoms. The third-order valence-corrected chi connectivity index (χ3v) is 5.18. The van der Waals surface area contributed by atoms with E-state index in [-0.39, 0.29) is 5.91 Å². The van der Waals surface area contributed by atoms with Gasteiger partial charge in [0.1, 0.15) is 11.8 Å². The Labute approximate surface area is 179 Å². The van der Waals surface area contributed by atoms with Crippen molar-refractivity contribution in [3.63, 3.8) is 0 Å². The molecule has 3 rings (SSSR count). The van der Waals surface area contributed by atoms with Crippen LogP contribution in [0.2, 0.25) is 0 Å². The molecule has 1 aliphatic rings. The van der Waals surface area contributed by atoms with Crippen molar-refractivity contribution < 1.29 is 19.1 Å². The minimum absolute atomic E-state index is 0.138. The number of hydrogen-bond acceptors (Lipinski definition) is 4. The molecule has 0 saturated heterocycles. The molecule has 0 spiro atoms. The molecule has 1 atom stereocenters. The summed E-state index contributed by atoms with van der Waals surface area (Å²) in [6.07, 6.45) is 7.63. The van der Waals surface area contributed by atoms with Crippen LogP contribution in [0.25, 0.3) is 0 Å². The van der Waals surface area contributed by atoms with Gasteiger partial charge in [-0.15, -0.1) is 0 Å². The van der Waals surface area contributed by atoms with Gasteiger partial charge >= 0.3 is 5.97 Å². The van der Waals surface area contributed by atoms with Gasteiger partial charge in [0, 0.05) is 13.0 Å². The van der Waals surface area contributed by atoms with Crippen molar-refractivity contribution >= 4 is 11.9 Å². The quantitative estimate of drug-likeness (QED) is 0.627. The Balaban J connectivity index is 1.90. The lowest BCUT2D eigenvalue weighted by Crippen LogP contribution is -2.48. The van der Waals surface area contributed by atoms with Crippen molar-refractivity contribution in [1.82, 2.24) is 4.90 Å². The number of carbonyl (C=O) groups excluding carboxylic acids is 2. The Hall–Kier alpha value is -2.82. The molecule has 2 aromatic carbocycles. The molecule has 0 aromatic heterocycles. The average molecular weight is 405 g/mol. The zero-order valence-corrected chi connectivity index (χ0v) is 17.4. The fourth-order valence-electron chi connectivity index (χ4n) is 3.51. The topological polar surface area (TPSA) is 55.8 Å². The van der Waals surface area contributed by atoms with E-state index in [0.717, 1.165) is 23.3 Å². The molecule has 2 aromatic rings. The van der Waals surface area contributed by atoms with Crippen molar-refractivity contribution in [2.75, 3.05) is 14.2 Å². The molecular formula is C25H27NO4. The summed E-state index contributed by atoms with van der Waals surface area (Å²) in [5.41, 5.74) is 1.89. The normalized spacial score (nSPS) is 15.3. The number of benzene rings is 2. The van der Waals surface area contributed by atoms with E-state index >= 15 is 0 Å². The predicted molar refractivity (Wildman–Crippen MR) is 115 cm³/mol. The second-order valence-electron chi connectivity index (χ2n) is 7.17. The minimum atomic E-state index is -0.723. The fourth-order valence-corrected chi connectivity index (χ4v) is 3.51. The number of esters is 1. The van der Waals surface area contributed by atoms with E-state index in [4.69, 9.17) is 9.47 Å². The molecule has 1 saturated carbocycles. The summed E-state index contributed by atoms with van der Waals surface area (Å²) in [6.45, 7) is 0.302. The van der Waals surface area contributed by atoms with Gasteiger partial charge in [-0.2, -0.15) is 0 Å². The highest BCUT2D eigenvalue weighted by molar-refractivity contribution is 5.95. The molecule has 1 aliphatic carbocycles. The van der Waals surface area contributed by atoms with Crippen LogP contribution in [-0.4, -0.2) is 37.0 Å². The summed E-state index contributed by atoms with van der Waals surface area (Å²) in [5, 5.41) is 0. The number of carbonyl (C=O) groups is 2. The van der Waals surface area contributed by atoms with E-state index in [9.17, 15) is 9.59 Å². The maximum absolute atomic E-state index is 13.5. The first-order chi connectivity index (χ1) is 14.6. The van der Waals surface area contributed by atoms with E-state index in [1.807, 2.05) is 73.9 Å². The predicted octanol–water partition coefficient (Wildman–Crippen LogP) is 3.79. The summed E-state index contributed by atoms with van der Waals surface area (Å²) in [5.74, 6) is 0.882. The first-order valence-electron chi connectivity index (χ1n) is 10.0. The van der Waals surface area contributed by atoms with Crippen molar-refractivity contribution in [2.45, 2.75) is 31.8 Å². The molecule has 0 unspecified atom stereocenters.